The van der Waals surface area contributed by atoms with Crippen LogP contribution < -0.4 is 5.73 Å². The third kappa shape index (κ3) is 2.08. The number of rotatable bonds is 3. The molecular weight excluding hydrogens is 268 g/mol. The first-order valence-electron chi connectivity index (χ1n) is 6.24. The highest BCUT2D eigenvalue weighted by atomic mass is 16.8. The predicted molar refractivity (Wildman–Crippen MR) is 63.4 cm³/mol. The summed E-state index contributed by atoms with van der Waals surface area (Å²) in [6.07, 6.45) is -0.644. The van der Waals surface area contributed by atoms with Crippen LogP contribution in [0.5, 0.6) is 0 Å². The Labute approximate surface area is 114 Å². The Bertz CT molecular complexity index is 531. The van der Waals surface area contributed by atoms with Gasteiger partial charge >= 0.3 is 0 Å². The molecule has 1 aromatic heterocycles. The summed E-state index contributed by atoms with van der Waals surface area (Å²) in [4.78, 5) is 14.8. The van der Waals surface area contributed by atoms with E-state index in [1.165, 1.54) is 11.0 Å². The number of aliphatic hydroxyl groups excluding tert-OH is 1. The molecule has 0 unspecified atom stereocenters. The van der Waals surface area contributed by atoms with Crippen LogP contribution in [0.15, 0.2) is 6.33 Å². The SMILES string of the molecule is CC1(C)O[C@H]2[C@H](O1)[C@H](n1cnc(C(N)=O)n1)O[C@H]2CO. The second kappa shape index (κ2) is 4.48. The normalized spacial score (nSPS) is 35.1. The van der Waals surface area contributed by atoms with Gasteiger partial charge in [0.05, 0.1) is 6.61 Å². The standard InChI is InChI=1S/C11H16N4O5/c1-11(2)19-6-5(3-16)18-10(7(6)20-11)15-4-13-9(14-15)8(12)17/h4-7,10,16H,3H2,1-2H3,(H2,12,17)/t5-,6+,7-,10+/m0/s1. The smallest absolute Gasteiger partial charge is 0.288 e. The fourth-order valence-corrected chi connectivity index (χ4v) is 2.53. The number of nitrogens with two attached hydrogens (primary N) is 1. The molecule has 0 radical (unpaired) electrons. The number of aliphatic hydroxyl groups is 1. The van der Waals surface area contributed by atoms with Crippen molar-refractivity contribution in [3.63, 3.8) is 0 Å². The number of aromatic nitrogens is 3. The number of primary amides is 1. The van der Waals surface area contributed by atoms with Gasteiger partial charge in [-0.1, -0.05) is 0 Å². The van der Waals surface area contributed by atoms with Crippen molar-refractivity contribution in [2.24, 2.45) is 5.73 Å². The molecule has 4 atom stereocenters. The van der Waals surface area contributed by atoms with Gasteiger partial charge in [0.2, 0.25) is 5.82 Å². The number of carbonyl (C=O) groups is 1. The van der Waals surface area contributed by atoms with Crippen molar-refractivity contribution in [1.82, 2.24) is 14.8 Å². The fourth-order valence-electron chi connectivity index (χ4n) is 2.53. The first kappa shape index (κ1) is 13.4. The number of amides is 1. The summed E-state index contributed by atoms with van der Waals surface area (Å²) in [6, 6.07) is 0. The second-order valence-corrected chi connectivity index (χ2v) is 5.22. The summed E-state index contributed by atoms with van der Waals surface area (Å²) in [6.45, 7) is 3.37. The van der Waals surface area contributed by atoms with E-state index in [4.69, 9.17) is 19.9 Å². The second-order valence-electron chi connectivity index (χ2n) is 5.22. The highest BCUT2D eigenvalue weighted by Gasteiger charge is 2.56. The number of fused-ring (bicyclic) bond motifs is 1. The van der Waals surface area contributed by atoms with E-state index in [9.17, 15) is 9.90 Å². The van der Waals surface area contributed by atoms with Gasteiger partial charge < -0.3 is 25.1 Å². The first-order valence-corrected chi connectivity index (χ1v) is 6.24. The topological polar surface area (TPSA) is 122 Å². The number of carbonyl (C=O) groups excluding carboxylic acids is 1. The summed E-state index contributed by atoms with van der Waals surface area (Å²) in [7, 11) is 0. The molecule has 3 N–H and O–H groups in total. The number of nitrogens with zero attached hydrogens (tertiary/aromatic N) is 3. The molecule has 2 fully saturated rings. The number of hydrogen-bond acceptors (Lipinski definition) is 7. The molecule has 2 saturated heterocycles. The van der Waals surface area contributed by atoms with Gasteiger partial charge in [0.15, 0.2) is 12.0 Å². The van der Waals surface area contributed by atoms with Crippen molar-refractivity contribution >= 4 is 5.91 Å². The van der Waals surface area contributed by atoms with E-state index in [0.717, 1.165) is 0 Å². The van der Waals surface area contributed by atoms with Gasteiger partial charge in [-0.25, -0.2) is 9.67 Å². The maximum Gasteiger partial charge on any atom is 0.288 e. The molecule has 0 saturated carbocycles. The Morgan fingerprint density at radius 2 is 2.20 bits per heavy atom. The zero-order chi connectivity index (χ0) is 14.5. The first-order chi connectivity index (χ1) is 9.41. The van der Waals surface area contributed by atoms with Gasteiger partial charge in [-0.15, -0.1) is 5.10 Å². The van der Waals surface area contributed by atoms with E-state index in [2.05, 4.69) is 10.1 Å². The Morgan fingerprint density at radius 1 is 1.50 bits per heavy atom. The lowest BCUT2D eigenvalue weighted by atomic mass is 10.1. The van der Waals surface area contributed by atoms with Gasteiger partial charge in [0.25, 0.3) is 5.91 Å². The van der Waals surface area contributed by atoms with Crippen molar-refractivity contribution in [3.8, 4) is 0 Å². The van der Waals surface area contributed by atoms with E-state index in [-0.39, 0.29) is 12.4 Å². The van der Waals surface area contributed by atoms with E-state index in [1.54, 1.807) is 13.8 Å². The molecule has 20 heavy (non-hydrogen) atoms. The largest absolute Gasteiger partial charge is 0.394 e. The van der Waals surface area contributed by atoms with Crippen LogP contribution in [0.4, 0.5) is 0 Å². The maximum atomic E-state index is 11.0. The van der Waals surface area contributed by atoms with Gasteiger partial charge in [-0.05, 0) is 13.8 Å². The zero-order valence-corrected chi connectivity index (χ0v) is 11.1. The van der Waals surface area contributed by atoms with Crippen molar-refractivity contribution in [3.05, 3.63) is 12.2 Å². The molecule has 3 heterocycles. The highest BCUT2D eigenvalue weighted by Crippen LogP contribution is 2.42. The molecule has 1 amide bonds. The van der Waals surface area contributed by atoms with E-state index in [1.807, 2.05) is 0 Å². The van der Waals surface area contributed by atoms with Gasteiger partial charge in [0.1, 0.15) is 24.6 Å². The Balaban J connectivity index is 1.87. The minimum absolute atomic E-state index is 0.101. The minimum atomic E-state index is -0.766. The Kier molecular flexibility index (Phi) is 3.01. The average Bonchev–Trinajstić information content (AvgIpc) is 3.01. The van der Waals surface area contributed by atoms with Crippen molar-refractivity contribution in [1.29, 1.82) is 0 Å². The van der Waals surface area contributed by atoms with Crippen molar-refractivity contribution < 1.29 is 24.1 Å². The van der Waals surface area contributed by atoms with Crippen LogP contribution in [0.2, 0.25) is 0 Å². The van der Waals surface area contributed by atoms with Crippen molar-refractivity contribution in [2.45, 2.75) is 44.2 Å². The number of hydrogen-bond donors (Lipinski definition) is 2. The van der Waals surface area contributed by atoms with E-state index < -0.39 is 36.2 Å². The summed E-state index contributed by atoms with van der Waals surface area (Å²) in [5.74, 6) is -1.59. The monoisotopic (exact) mass is 284 g/mol. The molecule has 0 aliphatic carbocycles. The van der Waals surface area contributed by atoms with E-state index >= 15 is 0 Å². The molecule has 110 valence electrons. The van der Waals surface area contributed by atoms with Crippen molar-refractivity contribution in [2.75, 3.05) is 6.61 Å². The molecule has 0 bridgehead atoms. The third-order valence-electron chi connectivity index (χ3n) is 3.29. The van der Waals surface area contributed by atoms with Crippen LogP contribution in [0, 0.1) is 0 Å². The average molecular weight is 284 g/mol. The zero-order valence-electron chi connectivity index (χ0n) is 11.1. The Morgan fingerprint density at radius 3 is 2.80 bits per heavy atom. The van der Waals surface area contributed by atoms with Gasteiger partial charge in [-0.2, -0.15) is 0 Å². The molecule has 0 spiro atoms. The lowest BCUT2D eigenvalue weighted by Gasteiger charge is -2.23. The highest BCUT2D eigenvalue weighted by molar-refractivity contribution is 5.88. The summed E-state index contributed by atoms with van der Waals surface area (Å²) in [5, 5.41) is 13.3. The lowest BCUT2D eigenvalue weighted by molar-refractivity contribution is -0.201. The van der Waals surface area contributed by atoms with Crippen LogP contribution in [0.25, 0.3) is 0 Å². The van der Waals surface area contributed by atoms with Crippen LogP contribution >= 0.6 is 0 Å². The molecular formula is C11H16N4O5. The fraction of sp³-hybridized carbons (Fsp3) is 0.727. The van der Waals surface area contributed by atoms with Crippen LogP contribution in [0.3, 0.4) is 0 Å². The molecule has 0 aromatic carbocycles. The molecule has 3 rings (SSSR count). The Hall–Kier alpha value is -1.55. The minimum Gasteiger partial charge on any atom is -0.394 e. The predicted octanol–water partition coefficient (Wildman–Crippen LogP) is -1.21. The van der Waals surface area contributed by atoms with Crippen LogP contribution in [0.1, 0.15) is 30.7 Å². The summed E-state index contributed by atoms with van der Waals surface area (Å²) < 4.78 is 18.5. The number of ether oxygens (including phenoxy) is 3. The molecule has 9 nitrogen and oxygen atoms in total. The van der Waals surface area contributed by atoms with Crippen LogP contribution in [-0.4, -0.2) is 56.5 Å². The molecule has 9 heteroatoms. The summed E-state index contributed by atoms with van der Waals surface area (Å²) in [5.41, 5.74) is 5.12. The van der Waals surface area contributed by atoms with Crippen LogP contribution in [-0.2, 0) is 14.2 Å². The quantitative estimate of drug-likeness (QED) is 0.713. The van der Waals surface area contributed by atoms with E-state index in [0.29, 0.717) is 0 Å². The molecule has 2 aliphatic heterocycles. The molecule has 2 aliphatic rings. The lowest BCUT2D eigenvalue weighted by Crippen LogP contribution is -2.31. The molecule has 1 aromatic rings. The third-order valence-corrected chi connectivity index (χ3v) is 3.29. The van der Waals surface area contributed by atoms with Gasteiger partial charge in [0, 0.05) is 0 Å². The summed E-state index contributed by atoms with van der Waals surface area (Å²) >= 11 is 0. The van der Waals surface area contributed by atoms with Gasteiger partial charge in [-0.3, -0.25) is 4.79 Å². The maximum absolute atomic E-state index is 11.0.